The standard InChI is InChI=1S/C6H13NO2/c1-3-6(2,9)4-5(7)8/h9H,3-4H2,1-2H3,(H2,7,8). The van der Waals surface area contributed by atoms with E-state index >= 15 is 0 Å². The Morgan fingerprint density at radius 3 is 2.33 bits per heavy atom. The largest absolute Gasteiger partial charge is 0.390 e. The van der Waals surface area contributed by atoms with Gasteiger partial charge >= 0.3 is 0 Å². The molecule has 0 bridgehead atoms. The van der Waals surface area contributed by atoms with Crippen LogP contribution in [0.2, 0.25) is 0 Å². The second kappa shape index (κ2) is 2.82. The van der Waals surface area contributed by atoms with Gasteiger partial charge in [0, 0.05) is 0 Å². The first kappa shape index (κ1) is 8.43. The van der Waals surface area contributed by atoms with Crippen molar-refractivity contribution in [2.75, 3.05) is 0 Å². The van der Waals surface area contributed by atoms with Gasteiger partial charge in [0.25, 0.3) is 0 Å². The highest BCUT2D eigenvalue weighted by atomic mass is 16.3. The van der Waals surface area contributed by atoms with Gasteiger partial charge in [-0.1, -0.05) is 6.92 Å². The Hall–Kier alpha value is -0.570. The van der Waals surface area contributed by atoms with Gasteiger partial charge in [0.05, 0.1) is 12.0 Å². The van der Waals surface area contributed by atoms with Crippen molar-refractivity contribution in [2.24, 2.45) is 5.73 Å². The van der Waals surface area contributed by atoms with Gasteiger partial charge in [-0.25, -0.2) is 0 Å². The van der Waals surface area contributed by atoms with Crippen molar-refractivity contribution < 1.29 is 9.90 Å². The lowest BCUT2D eigenvalue weighted by molar-refractivity contribution is -0.122. The Morgan fingerprint density at radius 1 is 1.78 bits per heavy atom. The van der Waals surface area contributed by atoms with Crippen LogP contribution in [-0.4, -0.2) is 16.6 Å². The third-order valence-electron chi connectivity index (χ3n) is 1.32. The smallest absolute Gasteiger partial charge is 0.220 e. The highest BCUT2D eigenvalue weighted by Crippen LogP contribution is 2.11. The molecule has 0 aliphatic heterocycles. The minimum Gasteiger partial charge on any atom is -0.390 e. The lowest BCUT2D eigenvalue weighted by Crippen LogP contribution is -2.30. The number of carbonyl (C=O) groups is 1. The maximum atomic E-state index is 10.2. The average molecular weight is 131 g/mol. The molecular weight excluding hydrogens is 118 g/mol. The molecular formula is C6H13NO2. The van der Waals surface area contributed by atoms with E-state index in [-0.39, 0.29) is 6.42 Å². The number of aliphatic hydroxyl groups is 1. The topological polar surface area (TPSA) is 63.3 Å². The summed E-state index contributed by atoms with van der Waals surface area (Å²) >= 11 is 0. The molecule has 0 rings (SSSR count). The first-order valence-corrected chi connectivity index (χ1v) is 2.98. The van der Waals surface area contributed by atoms with Gasteiger partial charge in [-0.2, -0.15) is 0 Å². The number of amides is 1. The fraction of sp³-hybridized carbons (Fsp3) is 0.833. The van der Waals surface area contributed by atoms with Crippen molar-refractivity contribution in [3.8, 4) is 0 Å². The van der Waals surface area contributed by atoms with Gasteiger partial charge in [-0.3, -0.25) is 4.79 Å². The number of carbonyl (C=O) groups excluding carboxylic acids is 1. The molecule has 1 atom stereocenters. The minimum atomic E-state index is -0.911. The molecule has 0 radical (unpaired) electrons. The fourth-order valence-electron chi connectivity index (χ4n) is 0.500. The van der Waals surface area contributed by atoms with Crippen molar-refractivity contribution in [2.45, 2.75) is 32.3 Å². The first-order chi connectivity index (χ1) is 3.98. The van der Waals surface area contributed by atoms with Crippen LogP contribution in [-0.2, 0) is 4.79 Å². The van der Waals surface area contributed by atoms with Crippen molar-refractivity contribution in [1.82, 2.24) is 0 Å². The van der Waals surface area contributed by atoms with E-state index in [1.165, 1.54) is 0 Å². The van der Waals surface area contributed by atoms with Crippen LogP contribution < -0.4 is 5.73 Å². The number of nitrogens with two attached hydrogens (primary N) is 1. The Morgan fingerprint density at radius 2 is 2.22 bits per heavy atom. The summed E-state index contributed by atoms with van der Waals surface area (Å²) in [6.07, 6.45) is 0.597. The first-order valence-electron chi connectivity index (χ1n) is 2.98. The second-order valence-electron chi connectivity index (χ2n) is 2.49. The number of hydrogen-bond donors (Lipinski definition) is 2. The maximum absolute atomic E-state index is 10.2. The molecule has 0 spiro atoms. The molecule has 0 aliphatic carbocycles. The van der Waals surface area contributed by atoms with Crippen LogP contribution in [0.1, 0.15) is 26.7 Å². The van der Waals surface area contributed by atoms with E-state index in [0.29, 0.717) is 6.42 Å². The van der Waals surface area contributed by atoms with Gasteiger partial charge in [-0.05, 0) is 13.3 Å². The summed E-state index contributed by atoms with van der Waals surface area (Å²) in [4.78, 5) is 10.2. The highest BCUT2D eigenvalue weighted by Gasteiger charge is 2.19. The van der Waals surface area contributed by atoms with Gasteiger partial charge in [0.1, 0.15) is 0 Å². The quantitative estimate of drug-likeness (QED) is 0.567. The molecule has 9 heavy (non-hydrogen) atoms. The third-order valence-corrected chi connectivity index (χ3v) is 1.32. The zero-order valence-electron chi connectivity index (χ0n) is 5.85. The molecule has 54 valence electrons. The highest BCUT2D eigenvalue weighted by molar-refractivity contribution is 5.74. The van der Waals surface area contributed by atoms with Gasteiger partial charge in [0.15, 0.2) is 0 Å². The summed E-state index contributed by atoms with van der Waals surface area (Å²) in [6, 6.07) is 0. The molecule has 0 aromatic heterocycles. The molecule has 0 fully saturated rings. The Balaban J connectivity index is 3.71. The van der Waals surface area contributed by atoms with E-state index in [1.807, 2.05) is 6.92 Å². The predicted molar refractivity (Wildman–Crippen MR) is 34.7 cm³/mol. The summed E-state index contributed by atoms with van der Waals surface area (Å²) in [5, 5.41) is 9.19. The average Bonchev–Trinajstić information content (AvgIpc) is 1.63. The molecule has 0 aromatic carbocycles. The minimum absolute atomic E-state index is 0.0451. The van der Waals surface area contributed by atoms with Gasteiger partial charge in [-0.15, -0.1) is 0 Å². The molecule has 0 saturated carbocycles. The molecule has 0 heterocycles. The lowest BCUT2D eigenvalue weighted by Gasteiger charge is -2.18. The zero-order valence-corrected chi connectivity index (χ0v) is 5.85. The summed E-state index contributed by atoms with van der Waals surface area (Å²) in [7, 11) is 0. The molecule has 3 heteroatoms. The van der Waals surface area contributed by atoms with E-state index in [1.54, 1.807) is 6.92 Å². The van der Waals surface area contributed by atoms with Crippen LogP contribution in [0.25, 0.3) is 0 Å². The summed E-state index contributed by atoms with van der Waals surface area (Å²) < 4.78 is 0. The lowest BCUT2D eigenvalue weighted by atomic mass is 9.99. The van der Waals surface area contributed by atoms with Crippen molar-refractivity contribution in [1.29, 1.82) is 0 Å². The van der Waals surface area contributed by atoms with E-state index in [2.05, 4.69) is 0 Å². The van der Waals surface area contributed by atoms with Crippen molar-refractivity contribution >= 4 is 5.91 Å². The maximum Gasteiger partial charge on any atom is 0.220 e. The summed E-state index contributed by atoms with van der Waals surface area (Å²) in [5.41, 5.74) is 3.94. The summed E-state index contributed by atoms with van der Waals surface area (Å²) in [5.74, 6) is -0.457. The third kappa shape index (κ3) is 3.97. The van der Waals surface area contributed by atoms with Crippen LogP contribution in [0.4, 0.5) is 0 Å². The van der Waals surface area contributed by atoms with Gasteiger partial charge < -0.3 is 10.8 Å². The SMILES string of the molecule is CCC(C)(O)CC(N)=O. The monoisotopic (exact) mass is 131 g/mol. The number of primary amides is 1. The summed E-state index contributed by atoms with van der Waals surface area (Å²) in [6.45, 7) is 3.40. The molecule has 1 unspecified atom stereocenters. The molecule has 3 nitrogen and oxygen atoms in total. The van der Waals surface area contributed by atoms with Crippen LogP contribution in [0, 0.1) is 0 Å². The fourth-order valence-corrected chi connectivity index (χ4v) is 0.500. The van der Waals surface area contributed by atoms with Crippen LogP contribution >= 0.6 is 0 Å². The van der Waals surface area contributed by atoms with Gasteiger partial charge in [0.2, 0.25) is 5.91 Å². The predicted octanol–water partition coefficient (Wildman–Crippen LogP) is 0.0228. The molecule has 0 saturated heterocycles. The van der Waals surface area contributed by atoms with Crippen LogP contribution in [0.3, 0.4) is 0 Å². The number of rotatable bonds is 3. The van der Waals surface area contributed by atoms with E-state index in [9.17, 15) is 9.90 Å². The van der Waals surface area contributed by atoms with E-state index in [4.69, 9.17) is 5.73 Å². The molecule has 1 amide bonds. The molecule has 3 N–H and O–H groups in total. The Bertz CT molecular complexity index is 110. The Kier molecular flexibility index (Phi) is 2.65. The van der Waals surface area contributed by atoms with Crippen molar-refractivity contribution in [3.05, 3.63) is 0 Å². The normalized spacial score (nSPS) is 16.8. The second-order valence-corrected chi connectivity index (χ2v) is 2.49. The van der Waals surface area contributed by atoms with Crippen LogP contribution in [0.15, 0.2) is 0 Å². The van der Waals surface area contributed by atoms with E-state index in [0.717, 1.165) is 0 Å². The molecule has 0 aromatic rings. The van der Waals surface area contributed by atoms with E-state index < -0.39 is 11.5 Å². The Labute approximate surface area is 54.9 Å². The number of hydrogen-bond acceptors (Lipinski definition) is 2. The van der Waals surface area contributed by atoms with Crippen molar-refractivity contribution in [3.63, 3.8) is 0 Å². The molecule has 0 aliphatic rings. The zero-order chi connectivity index (χ0) is 7.49. The van der Waals surface area contributed by atoms with Crippen LogP contribution in [0.5, 0.6) is 0 Å².